The van der Waals surface area contributed by atoms with Gasteiger partial charge in [0.05, 0.1) is 32.0 Å². The highest BCUT2D eigenvalue weighted by Gasteiger charge is 2.25. The number of ketones is 1. The van der Waals surface area contributed by atoms with Crippen molar-refractivity contribution in [3.05, 3.63) is 35.9 Å². The smallest absolute Gasteiger partial charge is 0.146 e. The van der Waals surface area contributed by atoms with E-state index in [1.165, 1.54) is 5.56 Å². The van der Waals surface area contributed by atoms with Gasteiger partial charge in [0, 0.05) is 6.42 Å². The molecule has 1 aromatic carbocycles. The first kappa shape index (κ1) is 11.3. The van der Waals surface area contributed by atoms with Gasteiger partial charge in [-0.15, -0.1) is 0 Å². The van der Waals surface area contributed by atoms with Crippen LogP contribution >= 0.6 is 0 Å². The summed E-state index contributed by atoms with van der Waals surface area (Å²) in [5.74, 6) is 0.711. The van der Waals surface area contributed by atoms with Crippen LogP contribution in [0.4, 0.5) is 0 Å². The van der Waals surface area contributed by atoms with Gasteiger partial charge in [-0.25, -0.2) is 0 Å². The summed E-state index contributed by atoms with van der Waals surface area (Å²) in [5, 5.41) is 0. The third kappa shape index (κ3) is 2.92. The zero-order chi connectivity index (χ0) is 11.4. The van der Waals surface area contributed by atoms with Crippen molar-refractivity contribution in [1.29, 1.82) is 0 Å². The quantitative estimate of drug-likeness (QED) is 0.793. The van der Waals surface area contributed by atoms with Gasteiger partial charge in [0.2, 0.25) is 0 Å². The van der Waals surface area contributed by atoms with Gasteiger partial charge in [0.15, 0.2) is 0 Å². The molecule has 1 unspecified atom stereocenters. The predicted octanol–water partition coefficient (Wildman–Crippen LogP) is 0.723. The first-order valence-corrected chi connectivity index (χ1v) is 6.16. The maximum absolute atomic E-state index is 11.4. The van der Waals surface area contributed by atoms with Crippen LogP contribution in [0.25, 0.3) is 0 Å². The van der Waals surface area contributed by atoms with E-state index in [0.717, 1.165) is 32.5 Å². The summed E-state index contributed by atoms with van der Waals surface area (Å²) in [6, 6.07) is 10.6. The summed E-state index contributed by atoms with van der Waals surface area (Å²) in [7, 11) is 0. The molecule has 2 rings (SSSR count). The molecule has 1 aliphatic heterocycles. The van der Waals surface area contributed by atoms with Crippen LogP contribution in [0.1, 0.15) is 18.9 Å². The highest BCUT2D eigenvalue weighted by Crippen LogP contribution is 2.01. The molecule has 0 bridgehead atoms. The normalized spacial score (nSPS) is 25.7. The van der Waals surface area contributed by atoms with E-state index in [1.54, 1.807) is 4.90 Å². The maximum Gasteiger partial charge on any atom is 0.146 e. The Bertz CT molecular complexity index is 347. The van der Waals surface area contributed by atoms with Gasteiger partial charge in [-0.3, -0.25) is 4.79 Å². The number of piperidine rings is 1. The molecule has 0 amide bonds. The molecule has 86 valence electrons. The molecule has 16 heavy (non-hydrogen) atoms. The number of likely N-dealkylation sites (tertiary alicyclic amines) is 1. The molecule has 0 spiro atoms. The number of hydrogen-bond donors (Lipinski definition) is 1. The molecular weight excluding hydrogens is 198 g/mol. The van der Waals surface area contributed by atoms with Gasteiger partial charge in [0.25, 0.3) is 0 Å². The summed E-state index contributed by atoms with van der Waals surface area (Å²) < 4.78 is 0. The first-order valence-electron chi connectivity index (χ1n) is 6.16. The minimum Gasteiger partial charge on any atom is -0.334 e. The first-order chi connectivity index (χ1) is 7.75. The fourth-order valence-corrected chi connectivity index (χ4v) is 2.39. The molecule has 1 aliphatic rings. The predicted molar refractivity (Wildman–Crippen MR) is 64.5 cm³/mol. The van der Waals surface area contributed by atoms with Gasteiger partial charge in [-0.2, -0.15) is 0 Å². The average Bonchev–Trinajstić information content (AvgIpc) is 2.32. The Kier molecular flexibility index (Phi) is 3.73. The van der Waals surface area contributed by atoms with E-state index in [9.17, 15) is 4.79 Å². The minimum absolute atomic E-state index is 0.263. The molecule has 0 aliphatic carbocycles. The molecule has 1 aromatic rings. The van der Waals surface area contributed by atoms with Crippen LogP contribution in [-0.4, -0.2) is 25.4 Å². The van der Waals surface area contributed by atoms with Crippen molar-refractivity contribution in [2.45, 2.75) is 19.8 Å². The molecular formula is C14H20NO+. The van der Waals surface area contributed by atoms with Gasteiger partial charge in [-0.1, -0.05) is 37.3 Å². The van der Waals surface area contributed by atoms with Crippen LogP contribution in [0.5, 0.6) is 0 Å². The van der Waals surface area contributed by atoms with E-state index in [-0.39, 0.29) is 5.92 Å². The van der Waals surface area contributed by atoms with Crippen LogP contribution in [-0.2, 0) is 11.2 Å². The molecule has 2 heteroatoms. The zero-order valence-corrected chi connectivity index (χ0v) is 9.91. The summed E-state index contributed by atoms with van der Waals surface area (Å²) in [5.41, 5.74) is 1.40. The molecule has 1 fully saturated rings. The average molecular weight is 218 g/mol. The van der Waals surface area contributed by atoms with Crippen molar-refractivity contribution in [2.75, 3.05) is 19.6 Å². The second-order valence-corrected chi connectivity index (χ2v) is 4.81. The van der Waals surface area contributed by atoms with Crippen molar-refractivity contribution in [3.63, 3.8) is 0 Å². The molecule has 1 heterocycles. The Morgan fingerprint density at radius 1 is 1.31 bits per heavy atom. The lowest BCUT2D eigenvalue weighted by molar-refractivity contribution is -0.904. The molecule has 2 atom stereocenters. The Hall–Kier alpha value is -1.15. The van der Waals surface area contributed by atoms with Gasteiger partial charge >= 0.3 is 0 Å². The van der Waals surface area contributed by atoms with Crippen LogP contribution in [0, 0.1) is 5.92 Å². The number of carbonyl (C=O) groups is 1. The van der Waals surface area contributed by atoms with Gasteiger partial charge in [0.1, 0.15) is 5.78 Å². The number of benzene rings is 1. The van der Waals surface area contributed by atoms with Crippen molar-refractivity contribution >= 4 is 5.78 Å². The third-order valence-electron chi connectivity index (χ3n) is 3.48. The molecule has 1 saturated heterocycles. The van der Waals surface area contributed by atoms with E-state index in [0.29, 0.717) is 5.78 Å². The third-order valence-corrected chi connectivity index (χ3v) is 3.48. The monoisotopic (exact) mass is 218 g/mol. The number of hydrogen-bond acceptors (Lipinski definition) is 1. The standard InChI is InChI=1S/C14H19NO/c1-12-11-15(10-8-14(12)16)9-7-13-5-3-2-4-6-13/h2-6,12H,7-11H2,1H3/p+1/t12-/m1/s1. The number of quaternary nitrogens is 1. The number of Topliss-reactive ketones (excluding diaryl/α,β-unsaturated/α-hetero) is 1. The lowest BCUT2D eigenvalue weighted by Gasteiger charge is -2.26. The van der Waals surface area contributed by atoms with E-state index in [2.05, 4.69) is 37.3 Å². The summed E-state index contributed by atoms with van der Waals surface area (Å²) in [6.45, 7) is 5.26. The molecule has 1 N–H and O–H groups in total. The molecule has 2 nitrogen and oxygen atoms in total. The zero-order valence-electron chi connectivity index (χ0n) is 9.91. The summed E-state index contributed by atoms with van der Waals surface area (Å²) in [6.07, 6.45) is 1.89. The topological polar surface area (TPSA) is 21.5 Å². The Labute approximate surface area is 97.3 Å². The Balaban J connectivity index is 1.81. The minimum atomic E-state index is 0.263. The fraction of sp³-hybridized carbons (Fsp3) is 0.500. The largest absolute Gasteiger partial charge is 0.334 e. The Morgan fingerprint density at radius 3 is 2.75 bits per heavy atom. The lowest BCUT2D eigenvalue weighted by Crippen LogP contribution is -3.14. The second-order valence-electron chi connectivity index (χ2n) is 4.81. The van der Waals surface area contributed by atoms with Crippen LogP contribution in [0.3, 0.4) is 0 Å². The summed E-state index contributed by atoms with van der Waals surface area (Å²) >= 11 is 0. The van der Waals surface area contributed by atoms with E-state index >= 15 is 0 Å². The highest BCUT2D eigenvalue weighted by atomic mass is 16.1. The molecule has 0 aromatic heterocycles. The number of rotatable bonds is 3. The van der Waals surface area contributed by atoms with E-state index in [4.69, 9.17) is 0 Å². The van der Waals surface area contributed by atoms with Crippen LogP contribution in [0.15, 0.2) is 30.3 Å². The van der Waals surface area contributed by atoms with Crippen LogP contribution in [0.2, 0.25) is 0 Å². The lowest BCUT2D eigenvalue weighted by atomic mass is 9.98. The SMILES string of the molecule is C[C@@H]1C[NH+](CCc2ccccc2)CCC1=O. The van der Waals surface area contributed by atoms with Crippen molar-refractivity contribution in [3.8, 4) is 0 Å². The molecule has 0 radical (unpaired) electrons. The summed E-state index contributed by atoms with van der Waals surface area (Å²) in [4.78, 5) is 13.0. The maximum atomic E-state index is 11.4. The van der Waals surface area contributed by atoms with Gasteiger partial charge < -0.3 is 4.90 Å². The van der Waals surface area contributed by atoms with Crippen molar-refractivity contribution < 1.29 is 9.69 Å². The molecule has 0 saturated carbocycles. The number of carbonyl (C=O) groups excluding carboxylic acids is 1. The fourth-order valence-electron chi connectivity index (χ4n) is 2.39. The second kappa shape index (κ2) is 5.26. The van der Waals surface area contributed by atoms with Crippen molar-refractivity contribution in [2.24, 2.45) is 5.92 Å². The van der Waals surface area contributed by atoms with E-state index in [1.807, 2.05) is 0 Å². The van der Waals surface area contributed by atoms with E-state index < -0.39 is 0 Å². The number of nitrogens with one attached hydrogen (secondary N) is 1. The van der Waals surface area contributed by atoms with Crippen molar-refractivity contribution in [1.82, 2.24) is 0 Å². The van der Waals surface area contributed by atoms with Gasteiger partial charge in [-0.05, 0) is 5.56 Å². The Morgan fingerprint density at radius 2 is 2.06 bits per heavy atom. The van der Waals surface area contributed by atoms with Crippen LogP contribution < -0.4 is 4.90 Å². The highest BCUT2D eigenvalue weighted by molar-refractivity contribution is 5.81.